The highest BCUT2D eigenvalue weighted by Crippen LogP contribution is 2.42. The summed E-state index contributed by atoms with van der Waals surface area (Å²) < 4.78 is 0. The quantitative estimate of drug-likeness (QED) is 0.885. The van der Waals surface area contributed by atoms with Crippen LogP contribution in [0.2, 0.25) is 0 Å². The largest absolute Gasteiger partial charge is 0.481 e. The first-order valence-corrected chi connectivity index (χ1v) is 6.66. The molecule has 2 heterocycles. The lowest BCUT2D eigenvalue weighted by molar-refractivity contribution is -0.136. The molecule has 4 nitrogen and oxygen atoms in total. The molecule has 92 valence electrons. The Morgan fingerprint density at radius 3 is 2.78 bits per heavy atom. The van der Waals surface area contributed by atoms with Gasteiger partial charge in [-0.05, 0) is 6.07 Å². The topological polar surface area (TPSA) is 57.6 Å². The summed E-state index contributed by atoms with van der Waals surface area (Å²) >= 11 is 1.54. The second-order valence-electron chi connectivity index (χ2n) is 4.19. The molecule has 2 aliphatic rings. The maximum absolute atomic E-state index is 12.2. The number of fused-ring (bicyclic) bond motifs is 3. The van der Waals surface area contributed by atoms with Gasteiger partial charge >= 0.3 is 5.97 Å². The molecule has 0 aromatic heterocycles. The first kappa shape index (κ1) is 11.3. The second-order valence-corrected chi connectivity index (χ2v) is 5.38. The van der Waals surface area contributed by atoms with Crippen molar-refractivity contribution in [2.24, 2.45) is 0 Å². The molecule has 1 N–H and O–H groups in total. The molecule has 0 saturated heterocycles. The van der Waals surface area contributed by atoms with Crippen LogP contribution in [0.1, 0.15) is 22.3 Å². The number of aliphatic carboxylic acids is 1. The van der Waals surface area contributed by atoms with Gasteiger partial charge in [-0.25, -0.2) is 0 Å². The van der Waals surface area contributed by atoms with Gasteiger partial charge in [-0.3, -0.25) is 9.59 Å². The molecule has 1 aromatic carbocycles. The third-order valence-electron chi connectivity index (χ3n) is 3.09. The average molecular weight is 261 g/mol. The second kappa shape index (κ2) is 4.17. The lowest BCUT2D eigenvalue weighted by atomic mass is 10.1. The first-order chi connectivity index (χ1) is 8.68. The zero-order chi connectivity index (χ0) is 12.7. The van der Waals surface area contributed by atoms with E-state index in [9.17, 15) is 9.59 Å². The van der Waals surface area contributed by atoms with Crippen LogP contribution in [0.15, 0.2) is 29.2 Å². The first-order valence-electron chi connectivity index (χ1n) is 5.67. The molecule has 2 aliphatic heterocycles. The molecule has 0 spiro atoms. The van der Waals surface area contributed by atoms with Crippen LogP contribution in [-0.2, 0) is 4.79 Å². The number of benzene rings is 1. The van der Waals surface area contributed by atoms with Crippen LogP contribution in [-0.4, -0.2) is 34.2 Å². The zero-order valence-corrected chi connectivity index (χ0v) is 10.4. The summed E-state index contributed by atoms with van der Waals surface area (Å²) in [5.74, 6) is -0.112. The molecule has 0 saturated carbocycles. The lowest BCUT2D eigenvalue weighted by Crippen LogP contribution is -2.29. The summed E-state index contributed by atoms with van der Waals surface area (Å²) in [6, 6.07) is 7.39. The molecule has 1 aromatic rings. The van der Waals surface area contributed by atoms with Crippen molar-refractivity contribution >= 4 is 29.3 Å². The fourth-order valence-electron chi connectivity index (χ4n) is 2.38. The van der Waals surface area contributed by atoms with Crippen molar-refractivity contribution in [3.8, 4) is 0 Å². The fraction of sp³-hybridized carbons (Fsp3) is 0.231. The molecule has 1 amide bonds. The number of carbonyl (C=O) groups excluding carboxylic acids is 1. The van der Waals surface area contributed by atoms with Crippen LogP contribution in [0.25, 0.3) is 5.70 Å². The summed E-state index contributed by atoms with van der Waals surface area (Å²) in [4.78, 5) is 25.6. The number of carboxylic acids is 1. The van der Waals surface area contributed by atoms with Gasteiger partial charge < -0.3 is 10.0 Å². The van der Waals surface area contributed by atoms with E-state index in [1.165, 1.54) is 11.8 Å². The molecule has 0 radical (unpaired) electrons. The van der Waals surface area contributed by atoms with Gasteiger partial charge in [0.25, 0.3) is 5.91 Å². The Kier molecular flexibility index (Phi) is 2.63. The van der Waals surface area contributed by atoms with Gasteiger partial charge in [-0.1, -0.05) is 18.2 Å². The highest BCUT2D eigenvalue weighted by atomic mass is 32.2. The molecule has 18 heavy (non-hydrogen) atoms. The minimum Gasteiger partial charge on any atom is -0.481 e. The molecule has 5 heteroatoms. The number of hydrogen-bond acceptors (Lipinski definition) is 3. The Morgan fingerprint density at radius 1 is 1.33 bits per heavy atom. The summed E-state index contributed by atoms with van der Waals surface area (Å²) in [6.45, 7) is 0.649. The summed E-state index contributed by atoms with van der Waals surface area (Å²) in [6.07, 6.45) is -0.0158. The van der Waals surface area contributed by atoms with Crippen molar-refractivity contribution in [3.05, 3.63) is 40.3 Å². The van der Waals surface area contributed by atoms with Gasteiger partial charge in [0.2, 0.25) is 0 Å². The SMILES string of the molecule is O=C(O)CC1=C2c3ccccc3C(=O)N2CCS1. The van der Waals surface area contributed by atoms with E-state index in [1.807, 2.05) is 18.2 Å². The average Bonchev–Trinajstić information content (AvgIpc) is 2.65. The number of thioether (sulfide) groups is 1. The highest BCUT2D eigenvalue weighted by molar-refractivity contribution is 8.03. The molecule has 0 unspecified atom stereocenters. The van der Waals surface area contributed by atoms with E-state index in [-0.39, 0.29) is 12.3 Å². The summed E-state index contributed by atoms with van der Waals surface area (Å²) in [7, 11) is 0. The van der Waals surface area contributed by atoms with E-state index in [0.717, 1.165) is 21.9 Å². The Balaban J connectivity index is 2.17. The number of rotatable bonds is 2. The third-order valence-corrected chi connectivity index (χ3v) is 4.17. The molecule has 0 bridgehead atoms. The highest BCUT2D eigenvalue weighted by Gasteiger charge is 2.36. The van der Waals surface area contributed by atoms with Gasteiger partial charge in [-0.15, -0.1) is 11.8 Å². The van der Waals surface area contributed by atoms with Crippen LogP contribution >= 0.6 is 11.8 Å². The van der Waals surface area contributed by atoms with Crippen molar-refractivity contribution < 1.29 is 14.7 Å². The fourth-order valence-corrected chi connectivity index (χ4v) is 3.49. The minimum atomic E-state index is -0.858. The Morgan fingerprint density at radius 2 is 2.06 bits per heavy atom. The Bertz CT molecular complexity index is 579. The predicted octanol–water partition coefficient (Wildman–Crippen LogP) is 2.03. The van der Waals surface area contributed by atoms with Gasteiger partial charge in [0.1, 0.15) is 0 Å². The Hall–Kier alpha value is -1.75. The summed E-state index contributed by atoms with van der Waals surface area (Å²) in [5.41, 5.74) is 2.35. The normalized spacial score (nSPS) is 17.8. The predicted molar refractivity (Wildman–Crippen MR) is 69.1 cm³/mol. The number of carbonyl (C=O) groups is 2. The molecule has 0 atom stereocenters. The molecule has 0 fully saturated rings. The van der Waals surface area contributed by atoms with Crippen molar-refractivity contribution in [2.45, 2.75) is 6.42 Å². The van der Waals surface area contributed by atoms with Gasteiger partial charge in [-0.2, -0.15) is 0 Å². The van der Waals surface area contributed by atoms with Crippen LogP contribution in [0.3, 0.4) is 0 Å². The van der Waals surface area contributed by atoms with E-state index in [0.29, 0.717) is 12.1 Å². The maximum atomic E-state index is 12.2. The zero-order valence-electron chi connectivity index (χ0n) is 9.55. The maximum Gasteiger partial charge on any atom is 0.308 e. The van der Waals surface area contributed by atoms with Crippen molar-refractivity contribution in [1.82, 2.24) is 4.90 Å². The van der Waals surface area contributed by atoms with Gasteiger partial charge in [0.05, 0.1) is 12.1 Å². The standard InChI is InChI=1S/C13H11NO3S/c15-11(16)7-10-12-8-3-1-2-4-9(8)13(17)14(12)5-6-18-10/h1-4H,5-7H2,(H,15,16). The molecule has 3 rings (SSSR count). The van der Waals surface area contributed by atoms with Gasteiger partial charge in [0, 0.05) is 28.3 Å². The number of carboxylic acid groups (broad SMARTS) is 1. The molecule has 0 aliphatic carbocycles. The molecular weight excluding hydrogens is 250 g/mol. The number of nitrogens with zero attached hydrogens (tertiary/aromatic N) is 1. The van der Waals surface area contributed by atoms with Crippen LogP contribution < -0.4 is 0 Å². The third kappa shape index (κ3) is 1.62. The van der Waals surface area contributed by atoms with Crippen LogP contribution in [0.5, 0.6) is 0 Å². The smallest absolute Gasteiger partial charge is 0.308 e. The van der Waals surface area contributed by atoms with Gasteiger partial charge in [0.15, 0.2) is 0 Å². The van der Waals surface area contributed by atoms with E-state index in [2.05, 4.69) is 0 Å². The lowest BCUT2D eigenvalue weighted by Gasteiger charge is -2.26. The monoisotopic (exact) mass is 261 g/mol. The van der Waals surface area contributed by atoms with E-state index in [1.54, 1.807) is 11.0 Å². The van der Waals surface area contributed by atoms with E-state index < -0.39 is 5.97 Å². The van der Waals surface area contributed by atoms with E-state index in [4.69, 9.17) is 5.11 Å². The van der Waals surface area contributed by atoms with Crippen molar-refractivity contribution in [3.63, 3.8) is 0 Å². The van der Waals surface area contributed by atoms with Crippen molar-refractivity contribution in [1.29, 1.82) is 0 Å². The molecular formula is C13H11NO3S. The minimum absolute atomic E-state index is 0.0104. The van der Waals surface area contributed by atoms with Crippen LogP contribution in [0.4, 0.5) is 0 Å². The number of hydrogen-bond donors (Lipinski definition) is 1. The summed E-state index contributed by atoms with van der Waals surface area (Å²) in [5, 5.41) is 8.95. The van der Waals surface area contributed by atoms with Crippen LogP contribution in [0, 0.1) is 0 Å². The number of amides is 1. The van der Waals surface area contributed by atoms with Crippen molar-refractivity contribution in [2.75, 3.05) is 12.3 Å². The van der Waals surface area contributed by atoms with E-state index >= 15 is 0 Å². The Labute approximate surface area is 108 Å².